The Morgan fingerprint density at radius 2 is 1.77 bits per heavy atom. The smallest absolute Gasteiger partial charge is 0.303 e. The summed E-state index contributed by atoms with van der Waals surface area (Å²) in [7, 11) is 0. The van der Waals surface area contributed by atoms with E-state index in [-0.39, 0.29) is 25.0 Å². The van der Waals surface area contributed by atoms with Gasteiger partial charge in [-0.05, 0) is 17.9 Å². The number of aliphatic carboxylic acids is 1. The number of nitrogens with zero attached hydrogens (tertiary/aromatic N) is 1. The van der Waals surface area contributed by atoms with E-state index in [1.54, 1.807) is 12.3 Å². The van der Waals surface area contributed by atoms with E-state index < -0.39 is 17.8 Å². The summed E-state index contributed by atoms with van der Waals surface area (Å²) in [6.07, 6.45) is 1.73. The Labute approximate surface area is 126 Å². The predicted molar refractivity (Wildman–Crippen MR) is 78.8 cm³/mol. The molecule has 7 heteroatoms. The van der Waals surface area contributed by atoms with Crippen LogP contribution < -0.4 is 10.9 Å². The van der Waals surface area contributed by atoms with Crippen molar-refractivity contribution >= 4 is 28.6 Å². The quantitative estimate of drug-likeness (QED) is 0.720. The van der Waals surface area contributed by atoms with Gasteiger partial charge in [-0.1, -0.05) is 24.3 Å². The minimum atomic E-state index is -0.961. The van der Waals surface area contributed by atoms with Gasteiger partial charge < -0.3 is 5.11 Å². The third-order valence-electron chi connectivity index (χ3n) is 2.97. The number of pyridine rings is 1. The second-order valence-corrected chi connectivity index (χ2v) is 4.67. The highest BCUT2D eigenvalue weighted by Crippen LogP contribution is 2.13. The van der Waals surface area contributed by atoms with Crippen LogP contribution in [0.25, 0.3) is 10.8 Å². The van der Waals surface area contributed by atoms with E-state index in [0.29, 0.717) is 0 Å². The van der Waals surface area contributed by atoms with E-state index in [1.165, 1.54) is 0 Å². The van der Waals surface area contributed by atoms with Crippen molar-refractivity contribution in [1.29, 1.82) is 0 Å². The number of fused-ring (bicyclic) bond motifs is 1. The number of carbonyl (C=O) groups is 3. The molecule has 1 heterocycles. The van der Waals surface area contributed by atoms with Gasteiger partial charge in [-0.2, -0.15) is 0 Å². The second-order valence-electron chi connectivity index (χ2n) is 4.67. The molecule has 3 N–H and O–H groups in total. The Morgan fingerprint density at radius 1 is 1.05 bits per heavy atom. The maximum atomic E-state index is 11.9. The zero-order valence-corrected chi connectivity index (χ0v) is 11.7. The van der Waals surface area contributed by atoms with Crippen LogP contribution in [-0.2, 0) is 9.59 Å². The van der Waals surface area contributed by atoms with Crippen molar-refractivity contribution in [3.05, 3.63) is 42.2 Å². The van der Waals surface area contributed by atoms with Crippen LogP contribution in [0.1, 0.15) is 29.8 Å². The van der Waals surface area contributed by atoms with Gasteiger partial charge in [-0.25, -0.2) is 0 Å². The normalized spacial score (nSPS) is 10.2. The fourth-order valence-corrected chi connectivity index (χ4v) is 1.86. The minimum Gasteiger partial charge on any atom is -0.481 e. The molecule has 0 radical (unpaired) electrons. The van der Waals surface area contributed by atoms with Crippen molar-refractivity contribution in [3.8, 4) is 0 Å². The monoisotopic (exact) mass is 301 g/mol. The lowest BCUT2D eigenvalue weighted by Gasteiger charge is -2.07. The molecule has 0 saturated heterocycles. The second kappa shape index (κ2) is 7.16. The van der Waals surface area contributed by atoms with Crippen molar-refractivity contribution in [2.75, 3.05) is 0 Å². The van der Waals surface area contributed by atoms with Crippen LogP contribution >= 0.6 is 0 Å². The number of amides is 2. The molecular weight excluding hydrogens is 286 g/mol. The average molecular weight is 301 g/mol. The molecule has 0 fully saturated rings. The topological polar surface area (TPSA) is 108 Å². The number of hydrogen-bond donors (Lipinski definition) is 3. The molecule has 2 aromatic rings. The fraction of sp³-hybridized carbons (Fsp3) is 0.200. The van der Waals surface area contributed by atoms with Gasteiger partial charge in [0.1, 0.15) is 5.69 Å². The van der Waals surface area contributed by atoms with E-state index >= 15 is 0 Å². The minimum absolute atomic E-state index is 0.0255. The van der Waals surface area contributed by atoms with E-state index in [1.807, 2.05) is 24.3 Å². The van der Waals surface area contributed by atoms with Gasteiger partial charge >= 0.3 is 5.97 Å². The summed E-state index contributed by atoms with van der Waals surface area (Å²) in [4.78, 5) is 37.7. The van der Waals surface area contributed by atoms with Crippen LogP contribution in [0.3, 0.4) is 0 Å². The lowest BCUT2D eigenvalue weighted by Crippen LogP contribution is -2.41. The first-order valence-electron chi connectivity index (χ1n) is 6.72. The van der Waals surface area contributed by atoms with Gasteiger partial charge in [0.15, 0.2) is 0 Å². The Morgan fingerprint density at radius 3 is 2.50 bits per heavy atom. The Balaban J connectivity index is 1.88. The van der Waals surface area contributed by atoms with E-state index in [4.69, 9.17) is 5.11 Å². The van der Waals surface area contributed by atoms with Crippen LogP contribution in [0.15, 0.2) is 36.5 Å². The van der Waals surface area contributed by atoms with Crippen LogP contribution in [0.5, 0.6) is 0 Å². The standard InChI is InChI=1S/C15H15N3O4/c19-13(6-3-7-14(20)21)17-18-15(22)12-8-10-4-1-2-5-11(10)9-16-12/h1-2,4-5,8-9H,3,6-7H2,(H,17,19)(H,18,22)(H,20,21). The molecule has 0 aliphatic rings. The third kappa shape index (κ3) is 4.27. The number of nitrogens with one attached hydrogen (secondary N) is 2. The zero-order valence-electron chi connectivity index (χ0n) is 11.7. The number of rotatable bonds is 5. The predicted octanol–water partition coefficient (Wildman–Crippen LogP) is 1.25. The summed E-state index contributed by atoms with van der Waals surface area (Å²) in [6, 6.07) is 9.10. The molecule has 2 rings (SSSR count). The van der Waals surface area contributed by atoms with Crippen molar-refractivity contribution in [1.82, 2.24) is 15.8 Å². The van der Waals surface area contributed by atoms with Crippen LogP contribution in [0.4, 0.5) is 0 Å². The van der Waals surface area contributed by atoms with Gasteiger partial charge in [-0.3, -0.25) is 30.2 Å². The summed E-state index contributed by atoms with van der Waals surface area (Å²) in [6.45, 7) is 0. The summed E-state index contributed by atoms with van der Waals surface area (Å²) in [5.74, 6) is -1.94. The molecule has 114 valence electrons. The summed E-state index contributed by atoms with van der Waals surface area (Å²) in [5, 5.41) is 10.3. The maximum Gasteiger partial charge on any atom is 0.303 e. The fourth-order valence-electron chi connectivity index (χ4n) is 1.86. The summed E-state index contributed by atoms with van der Waals surface area (Å²) >= 11 is 0. The summed E-state index contributed by atoms with van der Waals surface area (Å²) in [5.41, 5.74) is 4.67. The number of carboxylic acid groups (broad SMARTS) is 1. The van der Waals surface area contributed by atoms with Gasteiger partial charge in [-0.15, -0.1) is 0 Å². The highest BCUT2D eigenvalue weighted by atomic mass is 16.4. The molecule has 0 aliphatic carbocycles. The molecule has 0 spiro atoms. The van der Waals surface area contributed by atoms with Crippen molar-refractivity contribution in [2.24, 2.45) is 0 Å². The molecule has 1 aromatic heterocycles. The number of aromatic nitrogens is 1. The molecule has 0 atom stereocenters. The molecule has 0 bridgehead atoms. The number of benzene rings is 1. The maximum absolute atomic E-state index is 11.9. The van der Waals surface area contributed by atoms with Gasteiger partial charge in [0.05, 0.1) is 0 Å². The first-order chi connectivity index (χ1) is 10.6. The van der Waals surface area contributed by atoms with Crippen molar-refractivity contribution in [3.63, 3.8) is 0 Å². The molecule has 2 amide bonds. The van der Waals surface area contributed by atoms with Crippen LogP contribution in [-0.4, -0.2) is 27.9 Å². The van der Waals surface area contributed by atoms with Gasteiger partial charge in [0.25, 0.3) is 5.91 Å². The highest BCUT2D eigenvalue weighted by Gasteiger charge is 2.09. The van der Waals surface area contributed by atoms with Crippen molar-refractivity contribution in [2.45, 2.75) is 19.3 Å². The lowest BCUT2D eigenvalue weighted by molar-refractivity contribution is -0.137. The SMILES string of the molecule is O=C(O)CCCC(=O)NNC(=O)c1cc2ccccc2cn1. The third-order valence-corrected chi connectivity index (χ3v) is 2.97. The van der Waals surface area contributed by atoms with E-state index in [0.717, 1.165) is 10.8 Å². The molecule has 0 saturated carbocycles. The van der Waals surface area contributed by atoms with Crippen LogP contribution in [0.2, 0.25) is 0 Å². The highest BCUT2D eigenvalue weighted by molar-refractivity contribution is 5.97. The lowest BCUT2D eigenvalue weighted by atomic mass is 10.1. The molecule has 0 unspecified atom stereocenters. The van der Waals surface area contributed by atoms with E-state index in [2.05, 4.69) is 15.8 Å². The first kappa shape index (κ1) is 15.4. The number of hydrogen-bond acceptors (Lipinski definition) is 4. The number of carbonyl (C=O) groups excluding carboxylic acids is 2. The zero-order chi connectivity index (χ0) is 15.9. The number of carboxylic acids is 1. The Kier molecular flexibility index (Phi) is 5.02. The molecule has 0 aliphatic heterocycles. The molecule has 22 heavy (non-hydrogen) atoms. The van der Waals surface area contributed by atoms with E-state index in [9.17, 15) is 14.4 Å². The van der Waals surface area contributed by atoms with Crippen LogP contribution in [0, 0.1) is 0 Å². The Hall–Kier alpha value is -2.96. The molecule has 7 nitrogen and oxygen atoms in total. The van der Waals surface area contributed by atoms with Gasteiger partial charge in [0.2, 0.25) is 5.91 Å². The van der Waals surface area contributed by atoms with Crippen molar-refractivity contribution < 1.29 is 19.5 Å². The number of hydrazine groups is 1. The Bertz CT molecular complexity index is 715. The largest absolute Gasteiger partial charge is 0.481 e. The average Bonchev–Trinajstić information content (AvgIpc) is 2.51. The molecular formula is C15H15N3O4. The van der Waals surface area contributed by atoms with Gasteiger partial charge in [0, 0.05) is 24.4 Å². The summed E-state index contributed by atoms with van der Waals surface area (Å²) < 4.78 is 0. The first-order valence-corrected chi connectivity index (χ1v) is 6.72. The molecule has 1 aromatic carbocycles.